The molecule has 3 heteroatoms. The lowest BCUT2D eigenvalue weighted by atomic mass is 10.0. The molecule has 0 saturated heterocycles. The van der Waals surface area contributed by atoms with Crippen LogP contribution in [0, 0.1) is 0 Å². The molecular formula is C15H24N2O. The highest BCUT2D eigenvalue weighted by atomic mass is 16.2. The zero-order valence-corrected chi connectivity index (χ0v) is 11.9. The van der Waals surface area contributed by atoms with E-state index in [1.54, 1.807) is 19.0 Å². The molecule has 0 fully saturated rings. The van der Waals surface area contributed by atoms with Gasteiger partial charge in [-0.3, -0.25) is 0 Å². The fraction of sp³-hybridized carbons (Fsp3) is 0.533. The molecule has 0 unspecified atom stereocenters. The SMILES string of the molecule is CCc1ccccc1CCN(CC)C(=O)N(C)C. The number of amides is 2. The third-order valence-corrected chi connectivity index (χ3v) is 3.19. The summed E-state index contributed by atoms with van der Waals surface area (Å²) in [6.45, 7) is 5.73. The normalized spacial score (nSPS) is 10.2. The highest BCUT2D eigenvalue weighted by Gasteiger charge is 2.13. The highest BCUT2D eigenvalue weighted by molar-refractivity contribution is 5.73. The first-order valence-electron chi connectivity index (χ1n) is 6.63. The number of rotatable bonds is 5. The zero-order chi connectivity index (χ0) is 13.5. The van der Waals surface area contributed by atoms with Gasteiger partial charge in [0.2, 0.25) is 0 Å². The summed E-state index contributed by atoms with van der Waals surface area (Å²) in [6, 6.07) is 8.56. The van der Waals surface area contributed by atoms with Crippen molar-refractivity contribution in [1.29, 1.82) is 0 Å². The maximum atomic E-state index is 11.9. The van der Waals surface area contributed by atoms with E-state index >= 15 is 0 Å². The minimum Gasteiger partial charge on any atom is -0.331 e. The monoisotopic (exact) mass is 248 g/mol. The molecule has 2 amide bonds. The van der Waals surface area contributed by atoms with Crippen LogP contribution in [0.4, 0.5) is 4.79 Å². The van der Waals surface area contributed by atoms with Crippen LogP contribution in [-0.2, 0) is 12.8 Å². The number of carbonyl (C=O) groups excluding carboxylic acids is 1. The molecule has 100 valence electrons. The summed E-state index contributed by atoms with van der Waals surface area (Å²) in [4.78, 5) is 15.4. The van der Waals surface area contributed by atoms with E-state index in [2.05, 4.69) is 31.2 Å². The third kappa shape index (κ3) is 3.76. The summed E-state index contributed by atoms with van der Waals surface area (Å²) in [6.07, 6.45) is 1.97. The third-order valence-electron chi connectivity index (χ3n) is 3.19. The molecular weight excluding hydrogens is 224 g/mol. The van der Waals surface area contributed by atoms with Gasteiger partial charge in [0.05, 0.1) is 0 Å². The molecule has 18 heavy (non-hydrogen) atoms. The Morgan fingerprint density at radius 3 is 2.22 bits per heavy atom. The lowest BCUT2D eigenvalue weighted by Gasteiger charge is -2.25. The summed E-state index contributed by atoms with van der Waals surface area (Å²) >= 11 is 0. The molecule has 0 spiro atoms. The number of urea groups is 1. The number of hydrogen-bond acceptors (Lipinski definition) is 1. The molecule has 0 radical (unpaired) electrons. The average molecular weight is 248 g/mol. The minimum absolute atomic E-state index is 0.0893. The smallest absolute Gasteiger partial charge is 0.319 e. The van der Waals surface area contributed by atoms with E-state index in [-0.39, 0.29) is 6.03 Å². The van der Waals surface area contributed by atoms with E-state index in [0.717, 1.165) is 25.9 Å². The van der Waals surface area contributed by atoms with Crippen molar-refractivity contribution in [2.75, 3.05) is 27.2 Å². The fourth-order valence-electron chi connectivity index (χ4n) is 2.07. The molecule has 1 rings (SSSR count). The summed E-state index contributed by atoms with van der Waals surface area (Å²) in [7, 11) is 3.59. The first-order chi connectivity index (χ1) is 8.60. The Balaban J connectivity index is 2.65. The molecule has 0 saturated carbocycles. The van der Waals surface area contributed by atoms with Gasteiger partial charge in [-0.15, -0.1) is 0 Å². The molecule has 0 aliphatic heterocycles. The van der Waals surface area contributed by atoms with E-state index in [9.17, 15) is 4.79 Å². The first-order valence-corrected chi connectivity index (χ1v) is 6.63. The fourth-order valence-corrected chi connectivity index (χ4v) is 2.07. The standard InChI is InChI=1S/C15H24N2O/c1-5-13-9-7-8-10-14(13)11-12-17(6-2)15(18)16(3)4/h7-10H,5-6,11-12H2,1-4H3. The van der Waals surface area contributed by atoms with Gasteiger partial charge >= 0.3 is 6.03 Å². The maximum absolute atomic E-state index is 11.9. The van der Waals surface area contributed by atoms with Gasteiger partial charge in [-0.25, -0.2) is 4.79 Å². The van der Waals surface area contributed by atoms with E-state index in [1.165, 1.54) is 11.1 Å². The lowest BCUT2D eigenvalue weighted by Crippen LogP contribution is -2.40. The highest BCUT2D eigenvalue weighted by Crippen LogP contribution is 2.11. The Bertz CT molecular complexity index is 388. The second-order valence-electron chi connectivity index (χ2n) is 4.63. The van der Waals surface area contributed by atoms with E-state index in [1.807, 2.05) is 11.8 Å². The van der Waals surface area contributed by atoms with Crippen LogP contribution in [0.15, 0.2) is 24.3 Å². The minimum atomic E-state index is 0.0893. The summed E-state index contributed by atoms with van der Waals surface area (Å²) in [5, 5.41) is 0. The van der Waals surface area contributed by atoms with Crippen LogP contribution in [-0.4, -0.2) is 43.0 Å². The molecule has 0 aliphatic carbocycles. The summed E-state index contributed by atoms with van der Waals surface area (Å²) < 4.78 is 0. The molecule has 0 N–H and O–H groups in total. The number of carbonyl (C=O) groups is 1. The van der Waals surface area contributed by atoms with E-state index < -0.39 is 0 Å². The van der Waals surface area contributed by atoms with Crippen molar-refractivity contribution in [1.82, 2.24) is 9.80 Å². The van der Waals surface area contributed by atoms with Gasteiger partial charge in [-0.2, -0.15) is 0 Å². The quantitative estimate of drug-likeness (QED) is 0.786. The molecule has 1 aromatic rings. The van der Waals surface area contributed by atoms with Crippen molar-refractivity contribution in [3.8, 4) is 0 Å². The number of aryl methyl sites for hydroxylation is 1. The molecule has 0 aromatic heterocycles. The van der Waals surface area contributed by atoms with Crippen molar-refractivity contribution in [2.45, 2.75) is 26.7 Å². The Kier molecular flexibility index (Phi) is 5.69. The Morgan fingerprint density at radius 1 is 1.11 bits per heavy atom. The number of nitrogens with zero attached hydrogens (tertiary/aromatic N) is 2. The number of hydrogen-bond donors (Lipinski definition) is 0. The molecule has 3 nitrogen and oxygen atoms in total. The van der Waals surface area contributed by atoms with Gasteiger partial charge in [0.25, 0.3) is 0 Å². The van der Waals surface area contributed by atoms with Gasteiger partial charge in [-0.1, -0.05) is 31.2 Å². The van der Waals surface area contributed by atoms with Crippen LogP contribution >= 0.6 is 0 Å². The van der Waals surface area contributed by atoms with Crippen LogP contribution in [0.3, 0.4) is 0 Å². The van der Waals surface area contributed by atoms with Crippen LogP contribution in [0.1, 0.15) is 25.0 Å². The van der Waals surface area contributed by atoms with Gasteiger partial charge < -0.3 is 9.80 Å². The molecule has 1 aromatic carbocycles. The largest absolute Gasteiger partial charge is 0.331 e. The van der Waals surface area contributed by atoms with Crippen LogP contribution < -0.4 is 0 Å². The lowest BCUT2D eigenvalue weighted by molar-refractivity contribution is 0.174. The van der Waals surface area contributed by atoms with Crippen molar-refractivity contribution in [2.24, 2.45) is 0 Å². The molecule has 0 heterocycles. The van der Waals surface area contributed by atoms with Crippen LogP contribution in [0.5, 0.6) is 0 Å². The van der Waals surface area contributed by atoms with Gasteiger partial charge in [0, 0.05) is 27.2 Å². The predicted octanol–water partition coefficient (Wildman–Crippen LogP) is 2.80. The maximum Gasteiger partial charge on any atom is 0.319 e. The van der Waals surface area contributed by atoms with E-state index in [4.69, 9.17) is 0 Å². The van der Waals surface area contributed by atoms with E-state index in [0.29, 0.717) is 0 Å². The molecule has 0 bridgehead atoms. The summed E-state index contributed by atoms with van der Waals surface area (Å²) in [5.41, 5.74) is 2.73. The van der Waals surface area contributed by atoms with Crippen LogP contribution in [0.25, 0.3) is 0 Å². The van der Waals surface area contributed by atoms with Crippen molar-refractivity contribution >= 4 is 6.03 Å². The zero-order valence-electron chi connectivity index (χ0n) is 11.9. The Hall–Kier alpha value is -1.51. The van der Waals surface area contributed by atoms with Crippen molar-refractivity contribution < 1.29 is 4.79 Å². The topological polar surface area (TPSA) is 23.6 Å². The number of benzene rings is 1. The molecule has 0 aliphatic rings. The second-order valence-corrected chi connectivity index (χ2v) is 4.63. The average Bonchev–Trinajstić information content (AvgIpc) is 2.39. The van der Waals surface area contributed by atoms with Gasteiger partial charge in [-0.05, 0) is 30.9 Å². The van der Waals surface area contributed by atoms with Gasteiger partial charge in [0.15, 0.2) is 0 Å². The Morgan fingerprint density at radius 2 is 1.72 bits per heavy atom. The summed E-state index contributed by atoms with van der Waals surface area (Å²) in [5.74, 6) is 0. The first kappa shape index (κ1) is 14.6. The molecule has 0 atom stereocenters. The second kappa shape index (κ2) is 7.04. The van der Waals surface area contributed by atoms with Crippen molar-refractivity contribution in [3.05, 3.63) is 35.4 Å². The van der Waals surface area contributed by atoms with Crippen molar-refractivity contribution in [3.63, 3.8) is 0 Å². The predicted molar refractivity (Wildman–Crippen MR) is 75.9 cm³/mol. The Labute approximate surface area is 110 Å². The van der Waals surface area contributed by atoms with Crippen LogP contribution in [0.2, 0.25) is 0 Å². The van der Waals surface area contributed by atoms with Gasteiger partial charge in [0.1, 0.15) is 0 Å². The number of likely N-dealkylation sites (N-methyl/N-ethyl adjacent to an activating group) is 1.